The van der Waals surface area contributed by atoms with Crippen molar-refractivity contribution in [3.8, 4) is 0 Å². The highest BCUT2D eigenvalue weighted by molar-refractivity contribution is 5.34. The third-order valence-electron chi connectivity index (χ3n) is 2.80. The number of hydrogen-bond acceptors (Lipinski definition) is 5. The van der Waals surface area contributed by atoms with Crippen molar-refractivity contribution in [2.24, 2.45) is 0 Å². The highest BCUT2D eigenvalue weighted by Crippen LogP contribution is 2.10. The summed E-state index contributed by atoms with van der Waals surface area (Å²) >= 11 is 0. The lowest BCUT2D eigenvalue weighted by Gasteiger charge is -2.01. The Morgan fingerprint density at radius 2 is 2.28 bits per heavy atom. The first-order valence-corrected chi connectivity index (χ1v) is 5.74. The van der Waals surface area contributed by atoms with E-state index < -0.39 is 0 Å². The van der Waals surface area contributed by atoms with E-state index in [0.29, 0.717) is 18.1 Å². The number of hydrogen-bond donors (Lipinski definition) is 1. The second kappa shape index (κ2) is 4.10. The van der Waals surface area contributed by atoms with Gasteiger partial charge in [0.1, 0.15) is 0 Å². The number of nitrogens with two attached hydrogens (primary N) is 1. The molecular formula is C11H13N7. The fourth-order valence-corrected chi connectivity index (χ4v) is 1.95. The molecule has 0 bridgehead atoms. The van der Waals surface area contributed by atoms with Gasteiger partial charge in [0.25, 0.3) is 0 Å². The van der Waals surface area contributed by atoms with E-state index >= 15 is 0 Å². The largest absolute Gasteiger partial charge is 0.381 e. The summed E-state index contributed by atoms with van der Waals surface area (Å²) in [6, 6.07) is 1.86. The number of anilines is 1. The molecule has 0 saturated heterocycles. The third-order valence-corrected chi connectivity index (χ3v) is 2.80. The summed E-state index contributed by atoms with van der Waals surface area (Å²) < 4.78 is 3.65. The minimum absolute atomic E-state index is 0.486. The zero-order valence-corrected chi connectivity index (χ0v) is 9.98. The van der Waals surface area contributed by atoms with Crippen molar-refractivity contribution in [3.05, 3.63) is 36.0 Å². The van der Waals surface area contributed by atoms with Crippen LogP contribution in [0.15, 0.2) is 24.7 Å². The van der Waals surface area contributed by atoms with Crippen molar-refractivity contribution in [1.29, 1.82) is 0 Å². The fraction of sp³-hybridized carbons (Fsp3) is 0.273. The van der Waals surface area contributed by atoms with Gasteiger partial charge in [-0.1, -0.05) is 12.1 Å². The summed E-state index contributed by atoms with van der Waals surface area (Å²) in [6.07, 6.45) is 6.36. The van der Waals surface area contributed by atoms with Gasteiger partial charge in [0, 0.05) is 18.6 Å². The first-order valence-electron chi connectivity index (χ1n) is 5.74. The van der Waals surface area contributed by atoms with Crippen molar-refractivity contribution >= 4 is 11.6 Å². The average molecular weight is 243 g/mol. The molecule has 92 valence electrons. The van der Waals surface area contributed by atoms with E-state index in [1.807, 2.05) is 29.8 Å². The summed E-state index contributed by atoms with van der Waals surface area (Å²) in [7, 11) is 0. The lowest BCUT2D eigenvalue weighted by atomic mass is 10.3. The predicted octanol–water partition coefficient (Wildman–Crippen LogP) is 0.514. The van der Waals surface area contributed by atoms with E-state index in [9.17, 15) is 0 Å². The van der Waals surface area contributed by atoms with Crippen LogP contribution in [-0.2, 0) is 13.0 Å². The van der Waals surface area contributed by atoms with Crippen LogP contribution in [-0.4, -0.2) is 29.4 Å². The van der Waals surface area contributed by atoms with Crippen molar-refractivity contribution in [2.75, 3.05) is 5.73 Å². The first kappa shape index (κ1) is 10.7. The second-order valence-corrected chi connectivity index (χ2v) is 3.99. The van der Waals surface area contributed by atoms with Gasteiger partial charge in [-0.25, -0.2) is 14.6 Å². The standard InChI is InChI=1S/C11H13N7/c1-2-9-10(12)15-16-18(9)7-8-6-17-5-3-4-13-11(17)14-8/h3-6H,2,7,12H2,1H3. The predicted molar refractivity (Wildman–Crippen MR) is 65.9 cm³/mol. The molecule has 0 radical (unpaired) electrons. The van der Waals surface area contributed by atoms with E-state index in [0.717, 1.165) is 17.8 Å². The Morgan fingerprint density at radius 3 is 3.06 bits per heavy atom. The Morgan fingerprint density at radius 1 is 1.39 bits per heavy atom. The minimum atomic E-state index is 0.486. The maximum absolute atomic E-state index is 5.75. The Balaban J connectivity index is 1.96. The molecule has 0 saturated carbocycles. The van der Waals surface area contributed by atoms with E-state index in [2.05, 4.69) is 20.3 Å². The molecular weight excluding hydrogens is 230 g/mol. The summed E-state index contributed by atoms with van der Waals surface area (Å²) in [4.78, 5) is 8.59. The number of nitrogens with zero attached hydrogens (tertiary/aromatic N) is 6. The average Bonchev–Trinajstić information content (AvgIpc) is 2.93. The van der Waals surface area contributed by atoms with Gasteiger partial charge in [-0.15, -0.1) is 5.10 Å². The number of nitrogen functional groups attached to an aromatic ring is 1. The second-order valence-electron chi connectivity index (χ2n) is 3.99. The van der Waals surface area contributed by atoms with E-state index in [4.69, 9.17) is 5.73 Å². The SMILES string of the molecule is CCc1c(N)nnn1Cc1cn2cccnc2n1. The molecule has 2 N–H and O–H groups in total. The van der Waals surface area contributed by atoms with Gasteiger partial charge in [-0.05, 0) is 12.5 Å². The summed E-state index contributed by atoms with van der Waals surface area (Å²) in [5, 5.41) is 7.90. The van der Waals surface area contributed by atoms with Crippen molar-refractivity contribution < 1.29 is 0 Å². The summed E-state index contributed by atoms with van der Waals surface area (Å²) in [6.45, 7) is 2.58. The Labute approximate surface area is 103 Å². The van der Waals surface area contributed by atoms with Crippen molar-refractivity contribution in [3.63, 3.8) is 0 Å². The molecule has 3 heterocycles. The van der Waals surface area contributed by atoms with Crippen molar-refractivity contribution in [1.82, 2.24) is 29.4 Å². The molecule has 0 spiro atoms. The molecule has 0 aliphatic heterocycles. The van der Waals surface area contributed by atoms with Gasteiger partial charge in [-0.3, -0.25) is 4.40 Å². The molecule has 0 atom stereocenters. The number of rotatable bonds is 3. The Kier molecular flexibility index (Phi) is 2.44. The lowest BCUT2D eigenvalue weighted by molar-refractivity contribution is 0.614. The molecule has 0 amide bonds. The molecule has 0 aromatic carbocycles. The van der Waals surface area contributed by atoms with Gasteiger partial charge in [0.2, 0.25) is 5.78 Å². The molecule has 0 aliphatic carbocycles. The van der Waals surface area contributed by atoms with Crippen LogP contribution >= 0.6 is 0 Å². The molecule has 18 heavy (non-hydrogen) atoms. The van der Waals surface area contributed by atoms with Crippen LogP contribution in [0.5, 0.6) is 0 Å². The van der Waals surface area contributed by atoms with Crippen LogP contribution < -0.4 is 5.73 Å². The number of imidazole rings is 1. The van der Waals surface area contributed by atoms with Crippen LogP contribution in [0.1, 0.15) is 18.3 Å². The third kappa shape index (κ3) is 1.69. The molecule has 3 aromatic rings. The number of fused-ring (bicyclic) bond motifs is 1. The van der Waals surface area contributed by atoms with E-state index in [1.54, 1.807) is 10.9 Å². The van der Waals surface area contributed by atoms with Crippen LogP contribution in [0.25, 0.3) is 5.78 Å². The molecule has 0 unspecified atom stereocenters. The Bertz CT molecular complexity index is 649. The highest BCUT2D eigenvalue weighted by Gasteiger charge is 2.10. The first-order chi connectivity index (χ1) is 8.78. The van der Waals surface area contributed by atoms with E-state index in [-0.39, 0.29) is 0 Å². The van der Waals surface area contributed by atoms with Crippen LogP contribution in [0.2, 0.25) is 0 Å². The Hall–Kier alpha value is -2.44. The van der Waals surface area contributed by atoms with Gasteiger partial charge in [0.05, 0.1) is 17.9 Å². The van der Waals surface area contributed by atoms with Gasteiger partial charge < -0.3 is 5.73 Å². The van der Waals surface area contributed by atoms with Gasteiger partial charge in [0.15, 0.2) is 5.82 Å². The zero-order valence-electron chi connectivity index (χ0n) is 9.98. The smallest absolute Gasteiger partial charge is 0.233 e. The summed E-state index contributed by atoms with van der Waals surface area (Å²) in [5.41, 5.74) is 7.56. The van der Waals surface area contributed by atoms with E-state index in [1.165, 1.54) is 0 Å². The zero-order chi connectivity index (χ0) is 12.5. The molecule has 7 heteroatoms. The molecule has 3 aromatic heterocycles. The molecule has 0 fully saturated rings. The highest BCUT2D eigenvalue weighted by atomic mass is 15.4. The quantitative estimate of drug-likeness (QED) is 0.724. The maximum Gasteiger partial charge on any atom is 0.233 e. The molecule has 7 nitrogen and oxygen atoms in total. The monoisotopic (exact) mass is 243 g/mol. The number of aromatic nitrogens is 6. The fourth-order valence-electron chi connectivity index (χ4n) is 1.95. The lowest BCUT2D eigenvalue weighted by Crippen LogP contribution is -2.07. The maximum atomic E-state index is 5.75. The van der Waals surface area contributed by atoms with Crippen LogP contribution in [0.3, 0.4) is 0 Å². The topological polar surface area (TPSA) is 86.9 Å². The molecule has 3 rings (SSSR count). The minimum Gasteiger partial charge on any atom is -0.381 e. The van der Waals surface area contributed by atoms with Gasteiger partial charge >= 0.3 is 0 Å². The normalized spacial score (nSPS) is 11.2. The van der Waals surface area contributed by atoms with Crippen LogP contribution in [0.4, 0.5) is 5.82 Å². The van der Waals surface area contributed by atoms with Crippen LogP contribution in [0, 0.1) is 0 Å². The molecule has 0 aliphatic rings. The van der Waals surface area contributed by atoms with Crippen molar-refractivity contribution in [2.45, 2.75) is 19.9 Å². The van der Waals surface area contributed by atoms with Gasteiger partial charge in [-0.2, -0.15) is 0 Å². The summed E-state index contributed by atoms with van der Waals surface area (Å²) in [5.74, 6) is 1.16.